The van der Waals surface area contributed by atoms with E-state index < -0.39 is 11.8 Å². The van der Waals surface area contributed by atoms with Crippen molar-refractivity contribution in [2.24, 2.45) is 0 Å². The summed E-state index contributed by atoms with van der Waals surface area (Å²) in [6, 6.07) is 0. The van der Waals surface area contributed by atoms with E-state index in [9.17, 15) is 9.90 Å². The first-order chi connectivity index (χ1) is 14.6. The van der Waals surface area contributed by atoms with Gasteiger partial charge in [0.15, 0.2) is 5.79 Å². The summed E-state index contributed by atoms with van der Waals surface area (Å²) in [5.74, 6) is -2.23. The van der Waals surface area contributed by atoms with Crippen molar-refractivity contribution in [2.75, 3.05) is 19.8 Å². The van der Waals surface area contributed by atoms with Crippen LogP contribution in [0.5, 0.6) is 0 Å². The molecule has 0 spiro atoms. The molecule has 0 amide bonds. The molecule has 5 nitrogen and oxygen atoms in total. The van der Waals surface area contributed by atoms with Crippen LogP contribution in [0.3, 0.4) is 0 Å². The molecule has 178 valence electrons. The number of unbranched alkanes of at least 4 members (excludes halogenated alkanes) is 15. The molecule has 0 bridgehead atoms. The molecule has 0 aliphatic carbocycles. The maximum absolute atomic E-state index is 10.7. The molecule has 1 saturated heterocycles. The van der Waals surface area contributed by atoms with Gasteiger partial charge < -0.3 is 24.1 Å². The number of rotatable bonds is 21. The fraction of sp³-hybridized carbons (Fsp3) is 0.960. The third-order valence-electron chi connectivity index (χ3n) is 5.90. The van der Waals surface area contributed by atoms with Gasteiger partial charge in [-0.25, -0.2) is 0 Å². The molecular formula is C25H47NaO5. The number of carboxylic acids is 1. The second-order valence-corrected chi connectivity index (χ2v) is 9.11. The van der Waals surface area contributed by atoms with E-state index in [1.54, 1.807) is 6.92 Å². The van der Waals surface area contributed by atoms with Crippen molar-refractivity contribution in [3.8, 4) is 0 Å². The topological polar surface area (TPSA) is 67.8 Å². The molecule has 0 saturated carbocycles. The zero-order valence-electron chi connectivity index (χ0n) is 20.8. The summed E-state index contributed by atoms with van der Waals surface area (Å²) < 4.78 is 16.7. The molecule has 6 heteroatoms. The Kier molecular flexibility index (Phi) is 21.2. The molecule has 0 aromatic rings. The van der Waals surface area contributed by atoms with Crippen LogP contribution in [0.2, 0.25) is 0 Å². The largest absolute Gasteiger partial charge is 1.00 e. The van der Waals surface area contributed by atoms with E-state index in [1.807, 2.05) is 0 Å². The van der Waals surface area contributed by atoms with E-state index in [-0.39, 0.29) is 42.1 Å². The monoisotopic (exact) mass is 450 g/mol. The third kappa shape index (κ3) is 18.5. The third-order valence-corrected chi connectivity index (χ3v) is 5.90. The van der Waals surface area contributed by atoms with Gasteiger partial charge in [0.1, 0.15) is 6.10 Å². The van der Waals surface area contributed by atoms with Crippen molar-refractivity contribution in [1.82, 2.24) is 0 Å². The van der Waals surface area contributed by atoms with E-state index in [0.29, 0.717) is 13.2 Å². The summed E-state index contributed by atoms with van der Waals surface area (Å²) in [7, 11) is 0. The molecule has 1 fully saturated rings. The first-order valence-corrected chi connectivity index (χ1v) is 12.6. The fourth-order valence-corrected chi connectivity index (χ4v) is 4.09. The van der Waals surface area contributed by atoms with Gasteiger partial charge in [-0.05, 0) is 13.3 Å². The predicted octanol–water partition coefficient (Wildman–Crippen LogP) is 2.54. The molecule has 1 aliphatic heterocycles. The summed E-state index contributed by atoms with van der Waals surface area (Å²) >= 11 is 0. The van der Waals surface area contributed by atoms with E-state index >= 15 is 0 Å². The number of carboxylic acid groups (broad SMARTS) is 1. The van der Waals surface area contributed by atoms with E-state index in [1.165, 1.54) is 96.3 Å². The van der Waals surface area contributed by atoms with Crippen LogP contribution in [0.1, 0.15) is 123 Å². The van der Waals surface area contributed by atoms with Crippen molar-refractivity contribution in [2.45, 2.75) is 135 Å². The molecule has 0 N–H and O–H groups in total. The van der Waals surface area contributed by atoms with Gasteiger partial charge in [0.05, 0.1) is 13.2 Å². The van der Waals surface area contributed by atoms with Crippen LogP contribution in [-0.2, 0) is 19.0 Å². The summed E-state index contributed by atoms with van der Waals surface area (Å²) in [5.41, 5.74) is 0. The molecule has 2 unspecified atom stereocenters. The molecule has 1 aliphatic rings. The van der Waals surface area contributed by atoms with Crippen molar-refractivity contribution in [3.05, 3.63) is 0 Å². The van der Waals surface area contributed by atoms with Crippen LogP contribution in [-0.4, -0.2) is 37.7 Å². The number of ether oxygens (including phenoxy) is 3. The zero-order chi connectivity index (χ0) is 21.9. The Morgan fingerprint density at radius 1 is 0.871 bits per heavy atom. The fourth-order valence-electron chi connectivity index (χ4n) is 4.09. The summed E-state index contributed by atoms with van der Waals surface area (Å²) in [4.78, 5) is 10.7. The van der Waals surface area contributed by atoms with E-state index in [2.05, 4.69) is 6.92 Å². The van der Waals surface area contributed by atoms with E-state index in [4.69, 9.17) is 14.2 Å². The Bertz CT molecular complexity index is 421. The van der Waals surface area contributed by atoms with Crippen LogP contribution in [0, 0.1) is 0 Å². The second-order valence-electron chi connectivity index (χ2n) is 9.11. The number of hydrogen-bond donors (Lipinski definition) is 0. The Balaban J connectivity index is 0.00000900. The molecule has 2 atom stereocenters. The number of carbonyl (C=O) groups is 1. The van der Waals surface area contributed by atoms with Gasteiger partial charge in [-0.2, -0.15) is 0 Å². The van der Waals surface area contributed by atoms with Crippen molar-refractivity contribution in [1.29, 1.82) is 0 Å². The number of hydrogen-bond acceptors (Lipinski definition) is 5. The molecule has 0 radical (unpaired) electrons. The molecule has 1 rings (SSSR count). The summed E-state index contributed by atoms with van der Waals surface area (Å²) in [6.07, 6.45) is 21.4. The zero-order valence-corrected chi connectivity index (χ0v) is 22.8. The SMILES string of the molecule is CCCCCCCCCCCCCCCCCCOCC1COC(C)(CC(=O)[O-])O1.[Na+]. The van der Waals surface area contributed by atoms with Crippen molar-refractivity contribution >= 4 is 5.97 Å². The van der Waals surface area contributed by atoms with Gasteiger partial charge in [0, 0.05) is 19.0 Å². The van der Waals surface area contributed by atoms with Crippen LogP contribution >= 0.6 is 0 Å². The van der Waals surface area contributed by atoms with Gasteiger partial charge in [-0.15, -0.1) is 0 Å². The smallest absolute Gasteiger partial charge is 0.550 e. The molecule has 1 heterocycles. The first-order valence-electron chi connectivity index (χ1n) is 12.6. The standard InChI is InChI=1S/C25H48O5.Na/c1-3-4-5-6-7-8-9-10-11-12-13-14-15-16-17-18-19-28-21-23-22-29-25(2,30-23)20-24(26)27;/h23H,3-22H2,1-2H3,(H,26,27);/q;+1/p-1. The minimum atomic E-state index is -1.16. The number of aliphatic carboxylic acids is 1. The van der Waals surface area contributed by atoms with Gasteiger partial charge in [-0.1, -0.05) is 103 Å². The number of carbonyl (C=O) groups excluding carboxylic acids is 1. The van der Waals surface area contributed by atoms with Crippen LogP contribution < -0.4 is 34.7 Å². The maximum Gasteiger partial charge on any atom is 1.00 e. The Labute approximate surface area is 213 Å². The average molecular weight is 451 g/mol. The average Bonchev–Trinajstić information content (AvgIpc) is 3.06. The van der Waals surface area contributed by atoms with Gasteiger partial charge in [-0.3, -0.25) is 0 Å². The Morgan fingerprint density at radius 2 is 1.32 bits per heavy atom. The second kappa shape index (κ2) is 20.9. The van der Waals surface area contributed by atoms with Gasteiger partial charge in [0.2, 0.25) is 0 Å². The van der Waals surface area contributed by atoms with Crippen LogP contribution in [0.25, 0.3) is 0 Å². The van der Waals surface area contributed by atoms with Crippen molar-refractivity contribution < 1.29 is 53.7 Å². The quantitative estimate of drug-likeness (QED) is 0.199. The summed E-state index contributed by atoms with van der Waals surface area (Å²) in [6.45, 7) is 5.48. The van der Waals surface area contributed by atoms with Crippen LogP contribution in [0.15, 0.2) is 0 Å². The normalized spacial score (nSPS) is 20.6. The van der Waals surface area contributed by atoms with Crippen LogP contribution in [0.4, 0.5) is 0 Å². The predicted molar refractivity (Wildman–Crippen MR) is 119 cm³/mol. The molecular weight excluding hydrogens is 403 g/mol. The molecule has 0 aromatic heterocycles. The molecule has 31 heavy (non-hydrogen) atoms. The van der Waals surface area contributed by atoms with Gasteiger partial charge in [0.25, 0.3) is 0 Å². The maximum atomic E-state index is 10.7. The van der Waals surface area contributed by atoms with E-state index in [0.717, 1.165) is 13.0 Å². The summed E-state index contributed by atoms with van der Waals surface area (Å²) in [5, 5.41) is 10.7. The Morgan fingerprint density at radius 3 is 1.77 bits per heavy atom. The minimum absolute atomic E-state index is 0. The van der Waals surface area contributed by atoms with Gasteiger partial charge >= 0.3 is 29.6 Å². The Hall–Kier alpha value is 0.350. The first kappa shape index (κ1) is 31.4. The molecule has 0 aromatic carbocycles. The van der Waals surface area contributed by atoms with Crippen molar-refractivity contribution in [3.63, 3.8) is 0 Å². The minimum Gasteiger partial charge on any atom is -0.550 e.